The Labute approximate surface area is 105 Å². The maximum Gasteiger partial charge on any atom is 0.217 e. The van der Waals surface area contributed by atoms with Crippen molar-refractivity contribution in [2.75, 3.05) is 19.6 Å². The van der Waals surface area contributed by atoms with Crippen LogP contribution in [0.25, 0.3) is 0 Å². The second-order valence-electron chi connectivity index (χ2n) is 5.19. The molecule has 0 spiro atoms. The molecule has 0 aromatic rings. The van der Waals surface area contributed by atoms with Gasteiger partial charge in [-0.3, -0.25) is 0 Å². The van der Waals surface area contributed by atoms with Crippen molar-refractivity contribution in [3.8, 4) is 0 Å². The Balaban J connectivity index is 2.04. The van der Waals surface area contributed by atoms with Crippen LogP contribution in [0, 0.1) is 0 Å². The van der Waals surface area contributed by atoms with Crippen molar-refractivity contribution in [3.05, 3.63) is 0 Å². The lowest BCUT2D eigenvalue weighted by atomic mass is 10.2. The van der Waals surface area contributed by atoms with Gasteiger partial charge in [0.25, 0.3) is 0 Å². The molecule has 1 aliphatic heterocycles. The largest absolute Gasteiger partial charge is 0.317 e. The predicted octanol–water partition coefficient (Wildman–Crippen LogP) is 1.33. The molecule has 0 bridgehead atoms. The standard InChI is InChI=1S/C12H24N2O2S/c1-2-3-10-14(11-4-5-11)17(15,16)12-6-8-13-9-7-12/h11-13H,2-10H2,1H3. The van der Waals surface area contributed by atoms with Crippen molar-refractivity contribution < 1.29 is 8.42 Å². The normalized spacial score (nSPS) is 23.2. The average molecular weight is 260 g/mol. The van der Waals surface area contributed by atoms with Crippen LogP contribution >= 0.6 is 0 Å². The van der Waals surface area contributed by atoms with Crippen molar-refractivity contribution >= 4 is 10.0 Å². The highest BCUT2D eigenvalue weighted by atomic mass is 32.2. The third-order valence-corrected chi connectivity index (χ3v) is 6.17. The van der Waals surface area contributed by atoms with Gasteiger partial charge in [-0.25, -0.2) is 8.42 Å². The number of hydrogen-bond donors (Lipinski definition) is 1. The highest BCUT2D eigenvalue weighted by Gasteiger charge is 2.40. The van der Waals surface area contributed by atoms with Crippen LogP contribution in [0.3, 0.4) is 0 Å². The molecular formula is C12H24N2O2S. The second kappa shape index (κ2) is 5.67. The third-order valence-electron chi connectivity index (χ3n) is 3.72. The molecule has 1 saturated carbocycles. The van der Waals surface area contributed by atoms with Crippen LogP contribution in [0.5, 0.6) is 0 Å². The summed E-state index contributed by atoms with van der Waals surface area (Å²) >= 11 is 0. The summed E-state index contributed by atoms with van der Waals surface area (Å²) in [6, 6.07) is 0.321. The molecular weight excluding hydrogens is 236 g/mol. The van der Waals surface area contributed by atoms with Gasteiger partial charge in [0.15, 0.2) is 0 Å². The lowest BCUT2D eigenvalue weighted by Gasteiger charge is -2.30. The molecule has 0 aromatic heterocycles. The lowest BCUT2D eigenvalue weighted by Crippen LogP contribution is -2.45. The maximum atomic E-state index is 12.6. The minimum Gasteiger partial charge on any atom is -0.317 e. The van der Waals surface area contributed by atoms with Crippen LogP contribution in [-0.2, 0) is 10.0 Å². The molecule has 2 fully saturated rings. The Hall–Kier alpha value is -0.130. The molecule has 2 aliphatic rings. The monoisotopic (exact) mass is 260 g/mol. The summed E-state index contributed by atoms with van der Waals surface area (Å²) in [5.41, 5.74) is 0. The number of nitrogens with one attached hydrogen (secondary N) is 1. The van der Waals surface area contributed by atoms with Crippen LogP contribution in [0.1, 0.15) is 45.4 Å². The van der Waals surface area contributed by atoms with Crippen LogP contribution in [0.4, 0.5) is 0 Å². The van der Waals surface area contributed by atoms with Crippen molar-refractivity contribution in [2.45, 2.75) is 56.7 Å². The number of nitrogens with zero attached hydrogens (tertiary/aromatic N) is 1. The highest BCUT2D eigenvalue weighted by Crippen LogP contribution is 2.32. The zero-order valence-corrected chi connectivity index (χ0v) is 11.5. The third kappa shape index (κ3) is 3.20. The van der Waals surface area contributed by atoms with Crippen LogP contribution in [0.2, 0.25) is 0 Å². The number of rotatable bonds is 6. The summed E-state index contributed by atoms with van der Waals surface area (Å²) in [5.74, 6) is 0. The number of hydrogen-bond acceptors (Lipinski definition) is 3. The van der Waals surface area contributed by atoms with Gasteiger partial charge < -0.3 is 5.32 Å². The molecule has 1 N–H and O–H groups in total. The molecule has 0 atom stereocenters. The molecule has 17 heavy (non-hydrogen) atoms. The predicted molar refractivity (Wildman–Crippen MR) is 69.4 cm³/mol. The quantitative estimate of drug-likeness (QED) is 0.784. The smallest absolute Gasteiger partial charge is 0.217 e. The van der Waals surface area contributed by atoms with Gasteiger partial charge >= 0.3 is 0 Å². The SMILES string of the molecule is CCCCN(C1CC1)S(=O)(=O)C1CCNCC1. The van der Waals surface area contributed by atoms with Gasteiger partial charge in [-0.1, -0.05) is 13.3 Å². The summed E-state index contributed by atoms with van der Waals surface area (Å²) in [4.78, 5) is 0. The van der Waals surface area contributed by atoms with E-state index in [4.69, 9.17) is 0 Å². The fourth-order valence-electron chi connectivity index (χ4n) is 2.48. The molecule has 0 aromatic carbocycles. The van der Waals surface area contributed by atoms with E-state index in [0.717, 1.165) is 58.2 Å². The van der Waals surface area contributed by atoms with Crippen molar-refractivity contribution in [2.24, 2.45) is 0 Å². The Kier molecular flexibility index (Phi) is 4.44. The summed E-state index contributed by atoms with van der Waals surface area (Å²) < 4.78 is 27.0. The van der Waals surface area contributed by atoms with Crippen molar-refractivity contribution in [3.63, 3.8) is 0 Å². The molecule has 1 saturated heterocycles. The van der Waals surface area contributed by atoms with E-state index < -0.39 is 10.0 Å². The van der Waals surface area contributed by atoms with Gasteiger partial charge in [-0.2, -0.15) is 4.31 Å². The lowest BCUT2D eigenvalue weighted by molar-refractivity contribution is 0.377. The molecule has 1 aliphatic carbocycles. The van der Waals surface area contributed by atoms with Crippen molar-refractivity contribution in [1.82, 2.24) is 9.62 Å². The summed E-state index contributed by atoms with van der Waals surface area (Å²) in [7, 11) is -3.04. The Morgan fingerprint density at radius 1 is 1.18 bits per heavy atom. The first-order chi connectivity index (χ1) is 8.16. The molecule has 0 unspecified atom stereocenters. The minimum absolute atomic E-state index is 0.138. The first-order valence-electron chi connectivity index (χ1n) is 6.87. The van der Waals surface area contributed by atoms with Crippen LogP contribution in [0.15, 0.2) is 0 Å². The average Bonchev–Trinajstić information content (AvgIpc) is 3.15. The van der Waals surface area contributed by atoms with E-state index in [9.17, 15) is 8.42 Å². The minimum atomic E-state index is -3.04. The molecule has 2 rings (SSSR count). The molecule has 0 radical (unpaired) electrons. The number of sulfonamides is 1. The number of unbranched alkanes of at least 4 members (excludes halogenated alkanes) is 1. The van der Waals surface area contributed by atoms with Gasteiger partial charge in [-0.05, 0) is 45.2 Å². The Bertz CT molecular complexity index is 332. The van der Waals surface area contributed by atoms with E-state index in [0.29, 0.717) is 6.04 Å². The van der Waals surface area contributed by atoms with E-state index >= 15 is 0 Å². The first kappa shape index (κ1) is 13.3. The van der Waals surface area contributed by atoms with Gasteiger partial charge in [0, 0.05) is 12.6 Å². The summed E-state index contributed by atoms with van der Waals surface area (Å²) in [6.45, 7) is 4.53. The topological polar surface area (TPSA) is 49.4 Å². The maximum absolute atomic E-state index is 12.6. The second-order valence-corrected chi connectivity index (χ2v) is 7.36. The van der Waals surface area contributed by atoms with E-state index in [1.54, 1.807) is 0 Å². The fraction of sp³-hybridized carbons (Fsp3) is 1.00. The van der Waals surface area contributed by atoms with Crippen LogP contribution < -0.4 is 5.32 Å². The molecule has 0 amide bonds. The van der Waals surface area contributed by atoms with E-state index in [1.807, 2.05) is 4.31 Å². The van der Waals surface area contributed by atoms with Crippen molar-refractivity contribution in [1.29, 1.82) is 0 Å². The van der Waals surface area contributed by atoms with Gasteiger partial charge in [0.2, 0.25) is 10.0 Å². The van der Waals surface area contributed by atoms with Gasteiger partial charge in [-0.15, -0.1) is 0 Å². The molecule has 100 valence electrons. The zero-order chi connectivity index (χ0) is 12.3. The molecule has 1 heterocycles. The zero-order valence-electron chi connectivity index (χ0n) is 10.7. The molecule has 5 heteroatoms. The summed E-state index contributed by atoms with van der Waals surface area (Å²) in [6.07, 6.45) is 5.73. The fourth-order valence-corrected chi connectivity index (χ4v) is 4.70. The number of piperidine rings is 1. The van der Waals surface area contributed by atoms with E-state index in [1.165, 1.54) is 0 Å². The van der Waals surface area contributed by atoms with Gasteiger partial charge in [0.05, 0.1) is 5.25 Å². The van der Waals surface area contributed by atoms with Gasteiger partial charge in [0.1, 0.15) is 0 Å². The Morgan fingerprint density at radius 2 is 1.82 bits per heavy atom. The first-order valence-corrected chi connectivity index (χ1v) is 8.38. The summed E-state index contributed by atoms with van der Waals surface area (Å²) in [5, 5.41) is 3.09. The Morgan fingerprint density at radius 3 is 2.35 bits per heavy atom. The van der Waals surface area contributed by atoms with E-state index in [-0.39, 0.29) is 5.25 Å². The van der Waals surface area contributed by atoms with Crippen LogP contribution in [-0.4, -0.2) is 43.6 Å². The van der Waals surface area contributed by atoms with E-state index in [2.05, 4.69) is 12.2 Å². The molecule has 4 nitrogen and oxygen atoms in total. The highest BCUT2D eigenvalue weighted by molar-refractivity contribution is 7.89.